The van der Waals surface area contributed by atoms with Crippen molar-refractivity contribution in [3.63, 3.8) is 0 Å². The van der Waals surface area contributed by atoms with E-state index in [2.05, 4.69) is 6.58 Å². The molecule has 11 heavy (non-hydrogen) atoms. The van der Waals surface area contributed by atoms with Crippen LogP contribution in [0.3, 0.4) is 0 Å². The first-order valence-corrected chi connectivity index (χ1v) is 3.10. The lowest BCUT2D eigenvalue weighted by atomic mass is 9.85. The molecule has 0 aliphatic carbocycles. The van der Waals surface area contributed by atoms with Crippen LogP contribution in [0.5, 0.6) is 0 Å². The lowest BCUT2D eigenvalue weighted by molar-refractivity contribution is -0.216. The van der Waals surface area contributed by atoms with Crippen LogP contribution in [0.2, 0.25) is 0 Å². The van der Waals surface area contributed by atoms with Crippen molar-refractivity contribution in [2.24, 2.45) is 5.41 Å². The van der Waals surface area contributed by atoms with E-state index in [1.807, 2.05) is 0 Å². The molecule has 0 saturated heterocycles. The van der Waals surface area contributed by atoms with Crippen LogP contribution in [0.4, 0.5) is 17.6 Å². The van der Waals surface area contributed by atoms with Gasteiger partial charge in [0.2, 0.25) is 0 Å². The number of halogens is 4. The predicted molar refractivity (Wildman–Crippen MR) is 34.9 cm³/mol. The maximum absolute atomic E-state index is 12.5. The van der Waals surface area contributed by atoms with Crippen LogP contribution in [0.1, 0.15) is 13.8 Å². The van der Waals surface area contributed by atoms with Crippen LogP contribution < -0.4 is 0 Å². The van der Waals surface area contributed by atoms with Gasteiger partial charge in [0.05, 0.1) is 0 Å². The normalized spacial score (nSPS) is 20.5. The number of hydrogen-bond donors (Lipinski definition) is 0. The van der Waals surface area contributed by atoms with E-state index >= 15 is 0 Å². The molecule has 0 aliphatic heterocycles. The molecule has 2 atom stereocenters. The van der Waals surface area contributed by atoms with Crippen molar-refractivity contribution in [2.45, 2.75) is 26.2 Å². The molecule has 0 aliphatic rings. The molecular formula is C7H10F4. The maximum atomic E-state index is 12.5. The fourth-order valence-electron chi connectivity index (χ4n) is 0.504. The minimum absolute atomic E-state index is 0.595. The summed E-state index contributed by atoms with van der Waals surface area (Å²) in [5.41, 5.74) is -2.42. The van der Waals surface area contributed by atoms with Crippen LogP contribution in [0, 0.1) is 5.41 Å². The molecule has 0 fully saturated rings. The van der Waals surface area contributed by atoms with Crippen molar-refractivity contribution in [3.8, 4) is 0 Å². The highest BCUT2D eigenvalue weighted by molar-refractivity contribution is 5.00. The molecule has 0 aromatic heterocycles. The highest BCUT2D eigenvalue weighted by Crippen LogP contribution is 2.42. The Kier molecular flexibility index (Phi) is 2.69. The van der Waals surface area contributed by atoms with Gasteiger partial charge < -0.3 is 0 Å². The monoisotopic (exact) mass is 170 g/mol. The summed E-state index contributed by atoms with van der Waals surface area (Å²) in [7, 11) is 0. The Bertz CT molecular complexity index is 147. The third-order valence-corrected chi connectivity index (χ3v) is 1.86. The summed E-state index contributed by atoms with van der Waals surface area (Å²) in [5, 5.41) is 0. The molecule has 2 unspecified atom stereocenters. The molecule has 0 N–H and O–H groups in total. The predicted octanol–water partition coefficient (Wildman–Crippen LogP) is 3.10. The Morgan fingerprint density at radius 3 is 1.73 bits per heavy atom. The van der Waals surface area contributed by atoms with Crippen molar-refractivity contribution in [3.05, 3.63) is 12.7 Å². The van der Waals surface area contributed by atoms with Gasteiger partial charge in [-0.1, -0.05) is 6.08 Å². The molecule has 0 nitrogen and oxygen atoms in total. The van der Waals surface area contributed by atoms with Gasteiger partial charge in [-0.25, -0.2) is 4.39 Å². The molecule has 4 heteroatoms. The minimum atomic E-state index is -4.57. The SMILES string of the molecule is C=CC(C)(C(C)F)C(F)(F)F. The summed E-state index contributed by atoms with van der Waals surface area (Å²) in [5.74, 6) is 0. The topological polar surface area (TPSA) is 0 Å². The van der Waals surface area contributed by atoms with Gasteiger partial charge in [0.15, 0.2) is 0 Å². The molecule has 0 bridgehead atoms. The van der Waals surface area contributed by atoms with Crippen LogP contribution in [0.15, 0.2) is 12.7 Å². The summed E-state index contributed by atoms with van der Waals surface area (Å²) in [4.78, 5) is 0. The Morgan fingerprint density at radius 1 is 1.36 bits per heavy atom. The van der Waals surface area contributed by atoms with Crippen LogP contribution >= 0.6 is 0 Å². The van der Waals surface area contributed by atoms with Gasteiger partial charge in [0.25, 0.3) is 0 Å². The molecule has 0 heterocycles. The zero-order chi connectivity index (χ0) is 9.28. The van der Waals surface area contributed by atoms with Crippen molar-refractivity contribution in [1.29, 1.82) is 0 Å². The number of rotatable bonds is 2. The van der Waals surface area contributed by atoms with E-state index in [4.69, 9.17) is 0 Å². The summed E-state index contributed by atoms with van der Waals surface area (Å²) in [6.07, 6.45) is -5.94. The Morgan fingerprint density at radius 2 is 1.73 bits per heavy atom. The quantitative estimate of drug-likeness (QED) is 0.441. The van der Waals surface area contributed by atoms with Gasteiger partial charge in [-0.15, -0.1) is 6.58 Å². The van der Waals surface area contributed by atoms with Crippen molar-refractivity contribution < 1.29 is 17.6 Å². The second-order valence-electron chi connectivity index (χ2n) is 2.60. The lowest BCUT2D eigenvalue weighted by Gasteiger charge is -2.29. The largest absolute Gasteiger partial charge is 0.400 e. The van der Waals surface area contributed by atoms with Gasteiger partial charge in [-0.3, -0.25) is 0 Å². The number of hydrogen-bond acceptors (Lipinski definition) is 0. The van der Waals surface area contributed by atoms with E-state index < -0.39 is 17.8 Å². The smallest absolute Gasteiger partial charge is 0.246 e. The van der Waals surface area contributed by atoms with Crippen LogP contribution in [-0.2, 0) is 0 Å². The fourth-order valence-corrected chi connectivity index (χ4v) is 0.504. The molecule has 0 aromatic carbocycles. The zero-order valence-electron chi connectivity index (χ0n) is 6.37. The van der Waals surface area contributed by atoms with Crippen LogP contribution in [-0.4, -0.2) is 12.3 Å². The summed E-state index contributed by atoms with van der Waals surface area (Å²) in [6.45, 7) is 4.61. The first-order valence-electron chi connectivity index (χ1n) is 3.10. The van der Waals surface area contributed by atoms with E-state index in [9.17, 15) is 17.6 Å². The molecule has 0 spiro atoms. The minimum Gasteiger partial charge on any atom is -0.246 e. The molecule has 0 amide bonds. The molecule has 0 saturated carbocycles. The third kappa shape index (κ3) is 1.73. The van der Waals surface area contributed by atoms with E-state index in [0.717, 1.165) is 13.8 Å². The highest BCUT2D eigenvalue weighted by atomic mass is 19.4. The first-order chi connectivity index (χ1) is 4.75. The summed E-state index contributed by atoms with van der Waals surface area (Å²) in [6, 6.07) is 0. The van der Waals surface area contributed by atoms with Gasteiger partial charge in [-0.2, -0.15) is 13.2 Å². The highest BCUT2D eigenvalue weighted by Gasteiger charge is 2.52. The number of allylic oxidation sites excluding steroid dienone is 1. The maximum Gasteiger partial charge on any atom is 0.400 e. The number of alkyl halides is 4. The van der Waals surface area contributed by atoms with Gasteiger partial charge in [-0.05, 0) is 13.8 Å². The standard InChI is InChI=1S/C7H10F4/c1-4-6(3,5(2)8)7(9,10)11/h4-5H,1H2,2-3H3. The van der Waals surface area contributed by atoms with Gasteiger partial charge in [0.1, 0.15) is 11.6 Å². The lowest BCUT2D eigenvalue weighted by Crippen LogP contribution is -2.40. The molecular weight excluding hydrogens is 160 g/mol. The second kappa shape index (κ2) is 2.83. The van der Waals surface area contributed by atoms with Crippen molar-refractivity contribution >= 4 is 0 Å². The Balaban J connectivity index is 4.75. The second-order valence-corrected chi connectivity index (χ2v) is 2.60. The van der Waals surface area contributed by atoms with Crippen molar-refractivity contribution in [1.82, 2.24) is 0 Å². The van der Waals surface area contributed by atoms with E-state index in [0.29, 0.717) is 6.08 Å². The third-order valence-electron chi connectivity index (χ3n) is 1.86. The zero-order valence-corrected chi connectivity index (χ0v) is 6.37. The van der Waals surface area contributed by atoms with Gasteiger partial charge >= 0.3 is 6.18 Å². The fraction of sp³-hybridized carbons (Fsp3) is 0.714. The first kappa shape index (κ1) is 10.5. The molecule has 0 radical (unpaired) electrons. The van der Waals surface area contributed by atoms with Gasteiger partial charge in [0, 0.05) is 0 Å². The van der Waals surface area contributed by atoms with E-state index in [1.54, 1.807) is 0 Å². The Labute approximate surface area is 62.9 Å². The van der Waals surface area contributed by atoms with Crippen molar-refractivity contribution in [2.75, 3.05) is 0 Å². The van der Waals surface area contributed by atoms with Crippen LogP contribution in [0.25, 0.3) is 0 Å². The van der Waals surface area contributed by atoms with E-state index in [1.165, 1.54) is 0 Å². The molecule has 0 rings (SSSR count). The molecule has 0 aromatic rings. The van der Waals surface area contributed by atoms with E-state index in [-0.39, 0.29) is 0 Å². The summed E-state index contributed by atoms with van der Waals surface area (Å²) < 4.78 is 48.6. The average molecular weight is 170 g/mol. The summed E-state index contributed by atoms with van der Waals surface area (Å²) >= 11 is 0. The Hall–Kier alpha value is -0.540. The molecule has 66 valence electrons. The average Bonchev–Trinajstić information content (AvgIpc) is 1.83.